The van der Waals surface area contributed by atoms with Gasteiger partial charge in [-0.25, -0.2) is 0 Å². The fourth-order valence-electron chi connectivity index (χ4n) is 4.16. The van der Waals surface area contributed by atoms with Crippen molar-refractivity contribution >= 4 is 10.8 Å². The van der Waals surface area contributed by atoms with Crippen molar-refractivity contribution in [3.05, 3.63) is 53.7 Å². The molecule has 1 aliphatic rings. The summed E-state index contributed by atoms with van der Waals surface area (Å²) in [5.74, 6) is 1.59. The summed E-state index contributed by atoms with van der Waals surface area (Å²) in [4.78, 5) is 0. The van der Waals surface area contributed by atoms with Crippen LogP contribution in [0.25, 0.3) is 22.0 Å². The van der Waals surface area contributed by atoms with Crippen LogP contribution in [0.1, 0.15) is 31.9 Å². The Kier molecular flexibility index (Phi) is 3.91. The molecule has 0 radical (unpaired) electrons. The van der Waals surface area contributed by atoms with E-state index in [9.17, 15) is 0 Å². The molecule has 0 bridgehead atoms. The second kappa shape index (κ2) is 6.01. The molecular formula is C23H26NO2+. The quantitative estimate of drug-likeness (QED) is 0.628. The summed E-state index contributed by atoms with van der Waals surface area (Å²) in [6.07, 6.45) is 3.29. The van der Waals surface area contributed by atoms with Gasteiger partial charge in [-0.3, -0.25) is 0 Å². The first kappa shape index (κ1) is 16.9. The van der Waals surface area contributed by atoms with Crippen molar-refractivity contribution in [3.63, 3.8) is 0 Å². The zero-order chi connectivity index (χ0) is 18.5. The Hall–Kier alpha value is -2.55. The van der Waals surface area contributed by atoms with E-state index in [0.29, 0.717) is 0 Å². The van der Waals surface area contributed by atoms with Crippen molar-refractivity contribution in [1.82, 2.24) is 0 Å². The van der Waals surface area contributed by atoms with Crippen LogP contribution in [0.3, 0.4) is 0 Å². The number of rotatable bonds is 2. The molecule has 1 aliphatic heterocycles. The summed E-state index contributed by atoms with van der Waals surface area (Å²) < 4.78 is 13.5. The molecule has 0 saturated carbocycles. The highest BCUT2D eigenvalue weighted by molar-refractivity contribution is 5.90. The Morgan fingerprint density at radius 3 is 2.35 bits per heavy atom. The van der Waals surface area contributed by atoms with Crippen molar-refractivity contribution in [1.29, 1.82) is 0 Å². The van der Waals surface area contributed by atoms with Gasteiger partial charge in [0.1, 0.15) is 0 Å². The molecule has 0 saturated heterocycles. The first-order chi connectivity index (χ1) is 12.4. The minimum absolute atomic E-state index is 0.0275. The zero-order valence-corrected chi connectivity index (χ0v) is 16.2. The molecule has 1 aromatic heterocycles. The van der Waals surface area contributed by atoms with Gasteiger partial charge >= 0.3 is 0 Å². The molecular weight excluding hydrogens is 322 g/mol. The topological polar surface area (TPSA) is 22.3 Å². The Bertz CT molecular complexity index is 999. The molecule has 0 atom stereocenters. The summed E-state index contributed by atoms with van der Waals surface area (Å²) in [6, 6.07) is 13.0. The van der Waals surface area contributed by atoms with Gasteiger partial charge in [0.25, 0.3) is 0 Å². The normalized spacial score (nSPS) is 13.3. The number of fused-ring (bicyclic) bond motifs is 4. The van der Waals surface area contributed by atoms with E-state index in [1.54, 1.807) is 14.2 Å². The van der Waals surface area contributed by atoms with Gasteiger partial charge in [-0.15, -0.1) is 0 Å². The molecule has 4 rings (SSSR count). The van der Waals surface area contributed by atoms with Gasteiger partial charge in [-0.05, 0) is 34.6 Å². The van der Waals surface area contributed by atoms with Gasteiger partial charge in [0, 0.05) is 17.4 Å². The van der Waals surface area contributed by atoms with Crippen molar-refractivity contribution in [2.24, 2.45) is 0 Å². The van der Waals surface area contributed by atoms with Gasteiger partial charge in [-0.1, -0.05) is 39.0 Å². The molecule has 0 spiro atoms. The minimum atomic E-state index is 0.0275. The molecule has 26 heavy (non-hydrogen) atoms. The van der Waals surface area contributed by atoms with Crippen LogP contribution >= 0.6 is 0 Å². The predicted octanol–water partition coefficient (Wildman–Crippen LogP) is 4.67. The van der Waals surface area contributed by atoms with E-state index >= 15 is 0 Å². The third-order valence-corrected chi connectivity index (χ3v) is 5.29. The van der Waals surface area contributed by atoms with Gasteiger partial charge in [0.05, 0.1) is 19.8 Å². The van der Waals surface area contributed by atoms with E-state index in [-0.39, 0.29) is 5.41 Å². The molecule has 0 fully saturated rings. The van der Waals surface area contributed by atoms with Crippen molar-refractivity contribution in [2.45, 2.75) is 39.2 Å². The molecule has 3 heteroatoms. The number of aryl methyl sites for hydroxylation is 2. The van der Waals surface area contributed by atoms with Crippen LogP contribution in [0.2, 0.25) is 0 Å². The van der Waals surface area contributed by atoms with Gasteiger partial charge in [0.15, 0.2) is 24.2 Å². The molecule has 0 N–H and O–H groups in total. The molecule has 2 aromatic carbocycles. The first-order valence-electron chi connectivity index (χ1n) is 9.15. The first-order valence-corrected chi connectivity index (χ1v) is 9.15. The maximum absolute atomic E-state index is 5.60. The van der Waals surface area contributed by atoms with Crippen LogP contribution in [-0.2, 0) is 18.4 Å². The van der Waals surface area contributed by atoms with E-state index in [4.69, 9.17) is 9.47 Å². The number of hydrogen-bond donors (Lipinski definition) is 0. The highest BCUT2D eigenvalue weighted by Gasteiger charge is 2.34. The number of benzene rings is 2. The van der Waals surface area contributed by atoms with Crippen LogP contribution < -0.4 is 14.0 Å². The van der Waals surface area contributed by atoms with Gasteiger partial charge in [-0.2, -0.15) is 4.57 Å². The summed E-state index contributed by atoms with van der Waals surface area (Å²) in [5, 5.41) is 2.62. The second-order valence-electron chi connectivity index (χ2n) is 8.00. The number of methoxy groups -OCH3 is 2. The lowest BCUT2D eigenvalue weighted by Gasteiger charge is -2.27. The molecule has 3 nitrogen and oxygen atoms in total. The maximum atomic E-state index is 5.60. The lowest BCUT2D eigenvalue weighted by atomic mass is 9.79. The summed E-state index contributed by atoms with van der Waals surface area (Å²) in [5.41, 5.74) is 5.30. The number of ether oxygens (including phenoxy) is 2. The summed E-state index contributed by atoms with van der Waals surface area (Å²) in [7, 11) is 3.40. The number of pyridine rings is 1. The Morgan fingerprint density at radius 1 is 0.962 bits per heavy atom. The lowest BCUT2D eigenvalue weighted by molar-refractivity contribution is -0.686. The number of aromatic nitrogens is 1. The van der Waals surface area contributed by atoms with E-state index < -0.39 is 0 Å². The minimum Gasteiger partial charge on any atom is -0.493 e. The number of nitrogens with zero attached hydrogens (tertiary/aromatic N) is 1. The third kappa shape index (κ3) is 2.54. The molecule has 0 amide bonds. The predicted molar refractivity (Wildman–Crippen MR) is 105 cm³/mol. The van der Waals surface area contributed by atoms with Crippen LogP contribution in [0.4, 0.5) is 0 Å². The lowest BCUT2D eigenvalue weighted by Crippen LogP contribution is -2.42. The molecule has 3 aromatic rings. The third-order valence-electron chi connectivity index (χ3n) is 5.29. The monoisotopic (exact) mass is 348 g/mol. The van der Waals surface area contributed by atoms with Gasteiger partial charge in [0.2, 0.25) is 5.69 Å². The SMILES string of the molecule is COc1cc2c(cc1OC)-c1c(C(C)(C)C)c3ccccc3c[n+]1CC2. The fraction of sp³-hybridized carbons (Fsp3) is 0.348. The smallest absolute Gasteiger partial charge is 0.217 e. The second-order valence-corrected chi connectivity index (χ2v) is 8.00. The van der Waals surface area contributed by atoms with Crippen molar-refractivity contribution in [2.75, 3.05) is 14.2 Å². The standard InChI is InChI=1S/C23H26NO2/c1-23(2,3)21-17-9-7-6-8-16(17)14-24-11-10-15-12-19(25-4)20(26-5)13-18(15)22(21)24/h6-9,12-14H,10-11H2,1-5H3/q+1. The molecule has 0 aliphatic carbocycles. The highest BCUT2D eigenvalue weighted by Crippen LogP contribution is 2.42. The average molecular weight is 348 g/mol. The average Bonchev–Trinajstić information content (AvgIpc) is 2.63. The van der Waals surface area contributed by atoms with E-state index in [0.717, 1.165) is 24.5 Å². The largest absolute Gasteiger partial charge is 0.493 e. The Morgan fingerprint density at radius 2 is 1.65 bits per heavy atom. The number of hydrogen-bond acceptors (Lipinski definition) is 2. The van der Waals surface area contributed by atoms with Crippen molar-refractivity contribution < 1.29 is 14.0 Å². The molecule has 0 unspecified atom stereocenters. The Balaban J connectivity index is 2.11. The molecule has 2 heterocycles. The fourth-order valence-corrected chi connectivity index (χ4v) is 4.16. The van der Waals surface area contributed by atoms with E-state index in [1.807, 2.05) is 0 Å². The zero-order valence-electron chi connectivity index (χ0n) is 16.2. The van der Waals surface area contributed by atoms with Crippen LogP contribution in [0.5, 0.6) is 11.5 Å². The van der Waals surface area contributed by atoms with Crippen LogP contribution in [0, 0.1) is 0 Å². The molecule has 134 valence electrons. The van der Waals surface area contributed by atoms with Crippen molar-refractivity contribution in [3.8, 4) is 22.8 Å². The highest BCUT2D eigenvalue weighted by atomic mass is 16.5. The summed E-state index contributed by atoms with van der Waals surface area (Å²) >= 11 is 0. The maximum Gasteiger partial charge on any atom is 0.217 e. The Labute approximate surface area is 155 Å². The van der Waals surface area contributed by atoms with E-state index in [1.165, 1.54) is 33.2 Å². The van der Waals surface area contributed by atoms with Crippen LogP contribution in [0.15, 0.2) is 42.6 Å². The van der Waals surface area contributed by atoms with E-state index in [2.05, 4.69) is 67.9 Å². The van der Waals surface area contributed by atoms with Crippen LogP contribution in [-0.4, -0.2) is 14.2 Å². The van der Waals surface area contributed by atoms with Gasteiger partial charge < -0.3 is 9.47 Å². The summed E-state index contributed by atoms with van der Waals surface area (Å²) in [6.45, 7) is 7.87.